The molecule has 0 saturated carbocycles. The summed E-state index contributed by atoms with van der Waals surface area (Å²) in [4.78, 5) is 75.1. The summed E-state index contributed by atoms with van der Waals surface area (Å²) >= 11 is 0. The van der Waals surface area contributed by atoms with Crippen LogP contribution in [0.2, 0.25) is 0 Å². The maximum absolute atomic E-state index is 15.5. The molecule has 1 fully saturated rings. The first-order chi connectivity index (χ1) is 23.5. The number of ketones is 2. The summed E-state index contributed by atoms with van der Waals surface area (Å²) in [5, 5.41) is 12.0. The third-order valence-electron chi connectivity index (χ3n) is 8.80. The maximum atomic E-state index is 15.5. The third-order valence-corrected chi connectivity index (χ3v) is 8.80. The minimum atomic E-state index is -2.65. The largest absolute Gasteiger partial charge is 0.507 e. The lowest BCUT2D eigenvalue weighted by molar-refractivity contribution is -0.136. The van der Waals surface area contributed by atoms with Gasteiger partial charge in [-0.2, -0.15) is 0 Å². The summed E-state index contributed by atoms with van der Waals surface area (Å²) in [5.74, 6) is -5.58. The number of rotatable bonds is 7. The molecule has 1 saturated heterocycles. The number of benzene rings is 4. The average molecular weight is 657 g/mol. The van der Waals surface area contributed by atoms with E-state index in [4.69, 9.17) is 9.47 Å². The fourth-order valence-corrected chi connectivity index (χ4v) is 6.50. The van der Waals surface area contributed by atoms with Crippen LogP contribution >= 0.6 is 0 Å². The maximum Gasteiger partial charge on any atom is 0.355 e. The number of carbonyl (C=O) groups excluding carboxylic acids is 5. The number of amides is 2. The molecule has 1 spiro atoms. The first-order valence-corrected chi connectivity index (χ1v) is 15.4. The van der Waals surface area contributed by atoms with Crippen molar-refractivity contribution in [2.75, 3.05) is 24.0 Å². The third kappa shape index (κ3) is 5.00. The number of ether oxygens (including phenoxy) is 2. The van der Waals surface area contributed by atoms with Crippen LogP contribution in [0.15, 0.2) is 114 Å². The van der Waals surface area contributed by atoms with Crippen LogP contribution in [-0.2, 0) is 23.9 Å². The van der Waals surface area contributed by atoms with Crippen molar-refractivity contribution in [2.24, 2.45) is 0 Å². The lowest BCUT2D eigenvalue weighted by atomic mass is 9.77. The van der Waals surface area contributed by atoms with E-state index in [1.807, 2.05) is 13.8 Å². The zero-order valence-corrected chi connectivity index (χ0v) is 27.4. The van der Waals surface area contributed by atoms with Crippen molar-refractivity contribution in [3.8, 4) is 5.75 Å². The van der Waals surface area contributed by atoms with Gasteiger partial charge < -0.3 is 14.6 Å². The molecule has 4 aromatic rings. The number of nitrogens with zero attached hydrogens (tertiary/aromatic N) is 2. The fourth-order valence-electron chi connectivity index (χ4n) is 6.50. The predicted octanol–water partition coefficient (Wildman–Crippen LogP) is 5.60. The number of hydrogen-bond donors (Lipinski definition) is 1. The van der Waals surface area contributed by atoms with E-state index in [0.717, 1.165) is 28.0 Å². The van der Waals surface area contributed by atoms with Crippen molar-refractivity contribution in [2.45, 2.75) is 26.3 Å². The first-order valence-electron chi connectivity index (χ1n) is 15.4. The number of anilines is 2. The van der Waals surface area contributed by atoms with E-state index in [2.05, 4.69) is 0 Å². The fraction of sp³-hybridized carbons (Fsp3) is 0.154. The summed E-state index contributed by atoms with van der Waals surface area (Å²) in [5.41, 5.74) is -1.76. The second-order valence-corrected chi connectivity index (χ2v) is 11.8. The molecule has 10 heteroatoms. The summed E-state index contributed by atoms with van der Waals surface area (Å²) in [6.07, 6.45) is 0. The van der Waals surface area contributed by atoms with Crippen LogP contribution in [-0.4, -0.2) is 54.2 Å². The van der Waals surface area contributed by atoms with Gasteiger partial charge in [0.1, 0.15) is 17.2 Å². The van der Waals surface area contributed by atoms with Gasteiger partial charge in [0.25, 0.3) is 11.7 Å². The highest BCUT2D eigenvalue weighted by atomic mass is 16.5. The van der Waals surface area contributed by atoms with Crippen LogP contribution in [0.3, 0.4) is 0 Å². The first kappa shape index (κ1) is 32.6. The Balaban J connectivity index is 1.82. The molecule has 4 aromatic carbocycles. The molecule has 1 atom stereocenters. The second-order valence-electron chi connectivity index (χ2n) is 11.8. The molecule has 0 bridgehead atoms. The van der Waals surface area contributed by atoms with Crippen molar-refractivity contribution >= 4 is 46.5 Å². The Kier molecular flexibility index (Phi) is 8.25. The molecule has 49 heavy (non-hydrogen) atoms. The highest BCUT2D eigenvalue weighted by Crippen LogP contribution is 2.53. The smallest absolute Gasteiger partial charge is 0.355 e. The summed E-state index contributed by atoms with van der Waals surface area (Å²) in [6, 6.07) is 25.4. The Morgan fingerprint density at radius 1 is 0.755 bits per heavy atom. The van der Waals surface area contributed by atoms with E-state index >= 15 is 9.59 Å². The van der Waals surface area contributed by atoms with Gasteiger partial charge in [-0.15, -0.1) is 0 Å². The van der Waals surface area contributed by atoms with Crippen LogP contribution in [0, 0.1) is 20.8 Å². The minimum Gasteiger partial charge on any atom is -0.507 e. The molecule has 0 radical (unpaired) electrons. The van der Waals surface area contributed by atoms with Gasteiger partial charge in [-0.25, -0.2) is 4.79 Å². The summed E-state index contributed by atoms with van der Waals surface area (Å²) < 4.78 is 10.5. The molecule has 1 N–H and O–H groups in total. The van der Waals surface area contributed by atoms with Crippen molar-refractivity contribution in [3.05, 3.63) is 142 Å². The number of Topliss-reactive ketones (excluding diaryl/α,β-unsaturated/α-hetero) is 2. The SMILES string of the molecule is COC(=O)C1=C(C(=O)c2ccc(C)cc2C)C2(C(=O)N1c1ccc(OC)cc1)/C(=C(\O)c1ccccc1)C(=O)C(=O)N2c1ccc(C)cc1. The standard InChI is InChI=1S/C39H32N2O8/c1-22-11-14-27(15-12-22)41-36(45)35(44)31(33(42)25-9-7-6-8-10-25)39(41)30(34(43)29-20-13-23(2)21-24(29)3)32(37(46)49-5)40(38(39)47)26-16-18-28(48-4)19-17-26/h6-21,42H,1-5H3/b33-31-. The number of methoxy groups -OCH3 is 2. The lowest BCUT2D eigenvalue weighted by Gasteiger charge is -2.36. The van der Waals surface area contributed by atoms with Crippen LogP contribution in [0.1, 0.15) is 32.6 Å². The van der Waals surface area contributed by atoms with Gasteiger partial charge in [-0.3, -0.25) is 29.0 Å². The number of hydrogen-bond acceptors (Lipinski definition) is 8. The van der Waals surface area contributed by atoms with Crippen molar-refractivity contribution in [1.29, 1.82) is 0 Å². The van der Waals surface area contributed by atoms with E-state index in [1.54, 1.807) is 67.6 Å². The van der Waals surface area contributed by atoms with Crippen LogP contribution < -0.4 is 14.5 Å². The Hall–Kier alpha value is -6.29. The highest BCUT2D eigenvalue weighted by Gasteiger charge is 2.71. The predicted molar refractivity (Wildman–Crippen MR) is 182 cm³/mol. The molecule has 2 heterocycles. The van der Waals surface area contributed by atoms with Gasteiger partial charge in [-0.05, 0) is 62.7 Å². The number of aliphatic hydroxyl groups excluding tert-OH is 1. The van der Waals surface area contributed by atoms with Gasteiger partial charge in [-0.1, -0.05) is 71.8 Å². The average Bonchev–Trinajstić information content (AvgIpc) is 3.50. The normalized spacial score (nSPS) is 18.4. The number of aliphatic hydroxyl groups is 1. The van der Waals surface area contributed by atoms with E-state index in [9.17, 15) is 19.5 Å². The monoisotopic (exact) mass is 656 g/mol. The molecule has 0 aliphatic carbocycles. The molecular weight excluding hydrogens is 624 g/mol. The summed E-state index contributed by atoms with van der Waals surface area (Å²) in [6.45, 7) is 5.36. The topological polar surface area (TPSA) is 131 Å². The lowest BCUT2D eigenvalue weighted by Crippen LogP contribution is -2.56. The Bertz CT molecular complexity index is 2110. The Morgan fingerprint density at radius 3 is 1.96 bits per heavy atom. The molecule has 2 aliphatic rings. The minimum absolute atomic E-state index is 0.0832. The molecule has 2 amide bonds. The number of carbonyl (C=O) groups is 5. The van der Waals surface area contributed by atoms with E-state index in [-0.39, 0.29) is 22.5 Å². The van der Waals surface area contributed by atoms with E-state index < -0.39 is 57.5 Å². The van der Waals surface area contributed by atoms with Crippen molar-refractivity contribution < 1.29 is 38.6 Å². The van der Waals surface area contributed by atoms with Gasteiger partial charge in [0.05, 0.1) is 25.4 Å². The zero-order chi connectivity index (χ0) is 35.2. The Labute approximate surface area is 282 Å². The molecule has 6 rings (SSSR count). The quantitative estimate of drug-likeness (QED) is 0.0895. The van der Waals surface area contributed by atoms with E-state index in [1.165, 1.54) is 43.5 Å². The molecule has 0 aromatic heterocycles. The Morgan fingerprint density at radius 2 is 1.37 bits per heavy atom. The van der Waals surface area contributed by atoms with Crippen LogP contribution in [0.5, 0.6) is 5.75 Å². The van der Waals surface area contributed by atoms with E-state index in [0.29, 0.717) is 11.3 Å². The van der Waals surface area contributed by atoms with Gasteiger partial charge >= 0.3 is 11.9 Å². The van der Waals surface area contributed by atoms with Crippen LogP contribution in [0.25, 0.3) is 5.76 Å². The van der Waals surface area contributed by atoms with Crippen molar-refractivity contribution in [1.82, 2.24) is 0 Å². The molecule has 246 valence electrons. The van der Waals surface area contributed by atoms with Gasteiger partial charge in [0, 0.05) is 22.5 Å². The molecular formula is C39H32N2O8. The van der Waals surface area contributed by atoms with Gasteiger partial charge in [0.2, 0.25) is 0 Å². The van der Waals surface area contributed by atoms with Crippen molar-refractivity contribution in [3.63, 3.8) is 0 Å². The molecule has 10 nitrogen and oxygen atoms in total. The highest BCUT2D eigenvalue weighted by molar-refractivity contribution is 6.57. The second kappa shape index (κ2) is 12.4. The number of aryl methyl sites for hydroxylation is 3. The summed E-state index contributed by atoms with van der Waals surface area (Å²) in [7, 11) is 2.56. The molecule has 2 aliphatic heterocycles. The number of esters is 1. The molecule has 1 unspecified atom stereocenters. The zero-order valence-electron chi connectivity index (χ0n) is 27.4. The van der Waals surface area contributed by atoms with Gasteiger partial charge in [0.15, 0.2) is 11.3 Å². The van der Waals surface area contributed by atoms with Crippen LogP contribution in [0.4, 0.5) is 11.4 Å².